The average Bonchev–Trinajstić information content (AvgIpc) is 2.67. The van der Waals surface area contributed by atoms with Gasteiger partial charge in [-0.05, 0) is 31.6 Å². The van der Waals surface area contributed by atoms with Crippen LogP contribution in [-0.2, 0) is 9.53 Å². The molecule has 3 N–H and O–H groups in total. The Morgan fingerprint density at radius 2 is 2.04 bits per heavy atom. The molecule has 0 aromatic heterocycles. The summed E-state index contributed by atoms with van der Waals surface area (Å²) in [4.78, 5) is 16.8. The van der Waals surface area contributed by atoms with Crippen LogP contribution in [-0.4, -0.2) is 32.1 Å². The van der Waals surface area contributed by atoms with Crippen LogP contribution in [0, 0.1) is 17.2 Å². The molecule has 0 radical (unpaired) electrons. The summed E-state index contributed by atoms with van der Waals surface area (Å²) in [6, 6.07) is 7.19. The van der Waals surface area contributed by atoms with Gasteiger partial charge in [0, 0.05) is 29.0 Å². The van der Waals surface area contributed by atoms with Crippen LogP contribution in [0.15, 0.2) is 46.2 Å². The van der Waals surface area contributed by atoms with E-state index in [2.05, 4.69) is 16.4 Å². The van der Waals surface area contributed by atoms with Crippen molar-refractivity contribution < 1.29 is 14.3 Å². The molecule has 3 unspecified atom stereocenters. The van der Waals surface area contributed by atoms with E-state index >= 15 is 0 Å². The molecule has 0 spiro atoms. The van der Waals surface area contributed by atoms with Crippen LogP contribution in [0.25, 0.3) is 0 Å². The second kappa shape index (κ2) is 7.16. The SMILES string of the molecule is COC1=NC=C(C)C2NC(C)=C(C(N)=O)C(c3ccc(C#N)cc3OC)C12. The van der Waals surface area contributed by atoms with Gasteiger partial charge in [-0.1, -0.05) is 6.07 Å². The lowest BCUT2D eigenvalue weighted by Gasteiger charge is -2.42. The number of methoxy groups -OCH3 is 2. The van der Waals surface area contributed by atoms with Crippen molar-refractivity contribution in [3.8, 4) is 11.8 Å². The van der Waals surface area contributed by atoms with Gasteiger partial charge >= 0.3 is 0 Å². The summed E-state index contributed by atoms with van der Waals surface area (Å²) in [5.41, 5.74) is 9.19. The lowest BCUT2D eigenvalue weighted by Crippen LogP contribution is -2.51. The van der Waals surface area contributed by atoms with Crippen LogP contribution < -0.4 is 15.8 Å². The Hall–Kier alpha value is -3.27. The maximum absolute atomic E-state index is 12.4. The van der Waals surface area contributed by atoms with Crippen LogP contribution in [0.3, 0.4) is 0 Å². The van der Waals surface area contributed by atoms with Gasteiger partial charge in [0.15, 0.2) is 5.90 Å². The van der Waals surface area contributed by atoms with E-state index in [1.165, 1.54) is 7.11 Å². The van der Waals surface area contributed by atoms with E-state index in [1.807, 2.05) is 19.9 Å². The van der Waals surface area contributed by atoms with Crippen molar-refractivity contribution in [1.29, 1.82) is 5.26 Å². The molecule has 0 aliphatic carbocycles. The van der Waals surface area contributed by atoms with Gasteiger partial charge in [-0.2, -0.15) is 5.26 Å². The van der Waals surface area contributed by atoms with E-state index in [0.717, 1.165) is 11.1 Å². The Balaban J connectivity index is 2.27. The molecule has 3 rings (SSSR count). The zero-order valence-corrected chi connectivity index (χ0v) is 15.7. The van der Waals surface area contributed by atoms with E-state index in [1.54, 1.807) is 25.4 Å². The second-order valence-corrected chi connectivity index (χ2v) is 6.64. The number of rotatable bonds is 3. The summed E-state index contributed by atoms with van der Waals surface area (Å²) < 4.78 is 11.1. The molecule has 0 saturated heterocycles. The van der Waals surface area contributed by atoms with Crippen LogP contribution in [0.1, 0.15) is 30.9 Å². The van der Waals surface area contributed by atoms with Crippen LogP contribution in [0.4, 0.5) is 0 Å². The zero-order valence-electron chi connectivity index (χ0n) is 15.7. The quantitative estimate of drug-likeness (QED) is 0.850. The molecule has 7 nitrogen and oxygen atoms in total. The number of ether oxygens (including phenoxy) is 2. The predicted octanol–water partition coefficient (Wildman–Crippen LogP) is 1.96. The number of allylic oxidation sites excluding steroid dienone is 1. The number of nitrogens with one attached hydrogen (secondary N) is 1. The maximum Gasteiger partial charge on any atom is 0.247 e. The van der Waals surface area contributed by atoms with Crippen LogP contribution in [0.5, 0.6) is 5.75 Å². The number of aliphatic imine (C=N–C) groups is 1. The summed E-state index contributed by atoms with van der Waals surface area (Å²) in [5.74, 6) is -0.168. The predicted molar refractivity (Wildman–Crippen MR) is 101 cm³/mol. The number of fused-ring (bicyclic) bond motifs is 1. The Labute approximate surface area is 158 Å². The van der Waals surface area contributed by atoms with E-state index in [4.69, 9.17) is 15.2 Å². The Morgan fingerprint density at radius 3 is 2.63 bits per heavy atom. The summed E-state index contributed by atoms with van der Waals surface area (Å²) >= 11 is 0. The van der Waals surface area contributed by atoms with E-state index < -0.39 is 11.8 Å². The third-order valence-electron chi connectivity index (χ3n) is 5.15. The van der Waals surface area contributed by atoms with E-state index in [0.29, 0.717) is 28.5 Å². The third kappa shape index (κ3) is 3.04. The molecule has 0 fully saturated rings. The molecule has 7 heteroatoms. The third-order valence-corrected chi connectivity index (χ3v) is 5.15. The molecular weight excluding hydrogens is 344 g/mol. The fourth-order valence-corrected chi connectivity index (χ4v) is 3.93. The lowest BCUT2D eigenvalue weighted by molar-refractivity contribution is -0.115. The first kappa shape index (κ1) is 18.5. The first-order valence-electron chi connectivity index (χ1n) is 8.56. The number of carbonyl (C=O) groups excluding carboxylic acids is 1. The number of nitrogens with zero attached hydrogens (tertiary/aromatic N) is 2. The molecule has 0 saturated carbocycles. The van der Waals surface area contributed by atoms with Crippen molar-refractivity contribution in [2.24, 2.45) is 16.6 Å². The highest BCUT2D eigenvalue weighted by molar-refractivity contribution is 5.97. The van der Waals surface area contributed by atoms with E-state index in [-0.39, 0.29) is 12.0 Å². The summed E-state index contributed by atoms with van der Waals surface area (Å²) in [5, 5.41) is 12.6. The van der Waals surface area contributed by atoms with Gasteiger partial charge in [0.05, 0.1) is 37.8 Å². The first-order chi connectivity index (χ1) is 12.9. The number of benzene rings is 1. The number of hydrogen-bond donors (Lipinski definition) is 2. The minimum Gasteiger partial charge on any atom is -0.496 e. The molecule has 1 aromatic carbocycles. The molecule has 3 atom stereocenters. The Bertz CT molecular complexity index is 924. The number of primary amides is 1. The maximum atomic E-state index is 12.4. The summed E-state index contributed by atoms with van der Waals surface area (Å²) in [7, 11) is 3.10. The minimum absolute atomic E-state index is 0.0918. The zero-order chi connectivity index (χ0) is 19.7. The van der Waals surface area contributed by atoms with Crippen molar-refractivity contribution in [1.82, 2.24) is 5.32 Å². The molecule has 2 heterocycles. The van der Waals surface area contributed by atoms with Gasteiger partial charge < -0.3 is 20.5 Å². The normalized spacial score (nSPS) is 24.0. The number of amides is 1. The van der Waals surface area contributed by atoms with Crippen molar-refractivity contribution in [2.45, 2.75) is 25.8 Å². The van der Waals surface area contributed by atoms with Crippen molar-refractivity contribution in [2.75, 3.05) is 14.2 Å². The number of nitriles is 1. The standard InChI is InChI=1S/C20H22N4O3/c1-10-9-23-20(27-4)17-16(15(19(22)25)11(2)24-18(10)17)13-6-5-12(8-21)7-14(13)26-3/h5-7,9,16-18,24H,1-4H3,(H2,22,25). The summed E-state index contributed by atoms with van der Waals surface area (Å²) in [6.07, 6.45) is 1.77. The lowest BCUT2D eigenvalue weighted by atomic mass is 9.70. The molecule has 1 amide bonds. The minimum atomic E-state index is -0.516. The smallest absolute Gasteiger partial charge is 0.247 e. The monoisotopic (exact) mass is 366 g/mol. The van der Waals surface area contributed by atoms with Crippen molar-refractivity contribution in [3.63, 3.8) is 0 Å². The van der Waals surface area contributed by atoms with Gasteiger partial charge in [-0.3, -0.25) is 4.79 Å². The number of nitrogens with two attached hydrogens (primary N) is 1. The molecular formula is C20H22N4O3. The van der Waals surface area contributed by atoms with Crippen molar-refractivity contribution >= 4 is 11.8 Å². The second-order valence-electron chi connectivity index (χ2n) is 6.64. The molecule has 0 bridgehead atoms. The first-order valence-corrected chi connectivity index (χ1v) is 8.56. The molecule has 140 valence electrons. The van der Waals surface area contributed by atoms with Crippen LogP contribution in [0.2, 0.25) is 0 Å². The molecule has 2 aliphatic rings. The average molecular weight is 366 g/mol. The van der Waals surface area contributed by atoms with Crippen LogP contribution >= 0.6 is 0 Å². The highest BCUT2D eigenvalue weighted by atomic mass is 16.5. The van der Waals surface area contributed by atoms with Gasteiger partial charge in [-0.25, -0.2) is 4.99 Å². The largest absolute Gasteiger partial charge is 0.496 e. The van der Waals surface area contributed by atoms with E-state index in [9.17, 15) is 10.1 Å². The molecule has 1 aromatic rings. The number of hydrogen-bond acceptors (Lipinski definition) is 6. The number of carbonyl (C=O) groups is 1. The fraction of sp³-hybridized carbons (Fsp3) is 0.350. The van der Waals surface area contributed by atoms with Crippen molar-refractivity contribution in [3.05, 3.63) is 52.4 Å². The Kier molecular flexibility index (Phi) is 4.91. The highest BCUT2D eigenvalue weighted by Gasteiger charge is 2.46. The van der Waals surface area contributed by atoms with Gasteiger partial charge in [0.2, 0.25) is 5.91 Å². The van der Waals surface area contributed by atoms with Gasteiger partial charge in [-0.15, -0.1) is 0 Å². The fourth-order valence-electron chi connectivity index (χ4n) is 3.93. The molecule has 2 aliphatic heterocycles. The molecule has 27 heavy (non-hydrogen) atoms. The topological polar surface area (TPSA) is 110 Å². The Morgan fingerprint density at radius 1 is 1.30 bits per heavy atom. The van der Waals surface area contributed by atoms with Gasteiger partial charge in [0.1, 0.15) is 5.75 Å². The highest BCUT2D eigenvalue weighted by Crippen LogP contribution is 2.45. The summed E-state index contributed by atoms with van der Waals surface area (Å²) in [6.45, 7) is 3.82. The van der Waals surface area contributed by atoms with Gasteiger partial charge in [0.25, 0.3) is 0 Å².